The number of allylic oxidation sites excluding steroid dienone is 1. The highest BCUT2D eigenvalue weighted by Gasteiger charge is 2.28. The molecule has 0 aliphatic heterocycles. The predicted octanol–water partition coefficient (Wildman–Crippen LogP) is 5.68. The van der Waals surface area contributed by atoms with Crippen LogP contribution in [-0.2, 0) is 28.9 Å². The van der Waals surface area contributed by atoms with Gasteiger partial charge in [-0.15, -0.1) is 28.1 Å². The van der Waals surface area contributed by atoms with Gasteiger partial charge in [0.25, 0.3) is 0 Å². The van der Waals surface area contributed by atoms with Gasteiger partial charge in [-0.3, -0.25) is 9.36 Å². The highest BCUT2D eigenvalue weighted by Crippen LogP contribution is 2.39. The van der Waals surface area contributed by atoms with Crippen molar-refractivity contribution >= 4 is 40.0 Å². The summed E-state index contributed by atoms with van der Waals surface area (Å²) in [7, 11) is 0. The molecule has 4 rings (SSSR count). The third kappa shape index (κ3) is 6.07. The lowest BCUT2D eigenvalue weighted by molar-refractivity contribution is -0.113. The summed E-state index contributed by atoms with van der Waals surface area (Å²) in [6.07, 6.45) is 4.19. The number of rotatable bonds is 11. The van der Waals surface area contributed by atoms with E-state index < -0.39 is 0 Å². The van der Waals surface area contributed by atoms with Crippen LogP contribution < -0.4 is 10.1 Å². The Bertz CT molecular complexity index is 1310. The molecule has 1 amide bonds. The van der Waals surface area contributed by atoms with Gasteiger partial charge in [-0.2, -0.15) is 0 Å². The fraction of sp³-hybridized carbons (Fsp3) is 0.407. The first kappa shape index (κ1) is 26.9. The average Bonchev–Trinajstić information content (AvgIpc) is 3.54. The van der Waals surface area contributed by atoms with Crippen molar-refractivity contribution in [1.29, 1.82) is 0 Å². The molecule has 1 N–H and O–H groups in total. The number of benzene rings is 1. The third-order valence-corrected chi connectivity index (χ3v) is 8.22. The predicted molar refractivity (Wildman–Crippen MR) is 147 cm³/mol. The van der Waals surface area contributed by atoms with Crippen LogP contribution in [0.25, 0.3) is 0 Å². The lowest BCUT2D eigenvalue weighted by atomic mass is 10.1. The molecule has 1 aromatic carbocycles. The number of amides is 1. The summed E-state index contributed by atoms with van der Waals surface area (Å²) < 4.78 is 13.3. The second kappa shape index (κ2) is 12.0. The molecule has 0 radical (unpaired) electrons. The lowest BCUT2D eigenvalue weighted by Crippen LogP contribution is -2.17. The Balaban J connectivity index is 1.45. The van der Waals surface area contributed by atoms with Crippen LogP contribution in [0.5, 0.6) is 5.75 Å². The fourth-order valence-corrected chi connectivity index (χ4v) is 6.44. The van der Waals surface area contributed by atoms with Crippen LogP contribution in [0.4, 0.5) is 5.00 Å². The molecule has 3 aromatic rings. The molecule has 8 nitrogen and oxygen atoms in total. The highest BCUT2D eigenvalue weighted by molar-refractivity contribution is 7.99. The van der Waals surface area contributed by atoms with E-state index in [1.54, 1.807) is 13.0 Å². The number of hydrogen-bond acceptors (Lipinski definition) is 8. The fourth-order valence-electron chi connectivity index (χ4n) is 4.39. The molecule has 1 atom stereocenters. The molecule has 0 spiro atoms. The van der Waals surface area contributed by atoms with Crippen LogP contribution in [0, 0.1) is 13.8 Å². The lowest BCUT2D eigenvalue weighted by Gasteiger charge is -2.17. The van der Waals surface area contributed by atoms with Gasteiger partial charge in [-0.1, -0.05) is 35.5 Å². The number of anilines is 1. The van der Waals surface area contributed by atoms with Gasteiger partial charge >= 0.3 is 5.97 Å². The van der Waals surface area contributed by atoms with Crippen molar-refractivity contribution in [2.45, 2.75) is 64.8 Å². The summed E-state index contributed by atoms with van der Waals surface area (Å²) in [5.41, 5.74) is 3.74. The molecule has 0 fully saturated rings. The van der Waals surface area contributed by atoms with Crippen LogP contribution in [0.3, 0.4) is 0 Å². The Morgan fingerprint density at radius 2 is 2.11 bits per heavy atom. The SMILES string of the molecule is C=CCn1c(SCC(=O)Nc2sc3c(c2C(=O)OCC)CCC3)nnc1C(C)Oc1ccc(C)cc1C. The summed E-state index contributed by atoms with van der Waals surface area (Å²) in [6.45, 7) is 12.4. The molecule has 1 aliphatic carbocycles. The Hall–Kier alpha value is -3.11. The van der Waals surface area contributed by atoms with E-state index in [9.17, 15) is 9.59 Å². The normalized spacial score (nSPS) is 13.2. The Labute approximate surface area is 225 Å². The minimum Gasteiger partial charge on any atom is -0.482 e. The van der Waals surface area contributed by atoms with Crippen LogP contribution in [0.1, 0.15) is 64.1 Å². The van der Waals surface area contributed by atoms with Gasteiger partial charge in [0.2, 0.25) is 5.91 Å². The van der Waals surface area contributed by atoms with Crippen LogP contribution in [-0.4, -0.2) is 39.0 Å². The molecule has 1 unspecified atom stereocenters. The highest BCUT2D eigenvalue weighted by atomic mass is 32.2. The van der Waals surface area contributed by atoms with Crippen molar-refractivity contribution in [3.05, 3.63) is 63.8 Å². The Morgan fingerprint density at radius 3 is 2.84 bits per heavy atom. The summed E-state index contributed by atoms with van der Waals surface area (Å²) in [4.78, 5) is 26.6. The van der Waals surface area contributed by atoms with E-state index in [2.05, 4.69) is 28.2 Å². The molecule has 37 heavy (non-hydrogen) atoms. The summed E-state index contributed by atoms with van der Waals surface area (Å²) in [6, 6.07) is 6.05. The zero-order chi connectivity index (χ0) is 26.5. The summed E-state index contributed by atoms with van der Waals surface area (Å²) in [5, 5.41) is 12.8. The van der Waals surface area contributed by atoms with Gasteiger partial charge < -0.3 is 14.8 Å². The van der Waals surface area contributed by atoms with E-state index in [1.165, 1.54) is 28.7 Å². The van der Waals surface area contributed by atoms with Crippen molar-refractivity contribution in [3.8, 4) is 5.75 Å². The van der Waals surface area contributed by atoms with Gasteiger partial charge in [0, 0.05) is 11.4 Å². The first-order valence-electron chi connectivity index (χ1n) is 12.3. The van der Waals surface area contributed by atoms with Crippen molar-refractivity contribution in [3.63, 3.8) is 0 Å². The quantitative estimate of drug-likeness (QED) is 0.190. The van der Waals surface area contributed by atoms with Gasteiger partial charge in [0.15, 0.2) is 17.1 Å². The van der Waals surface area contributed by atoms with Crippen molar-refractivity contribution < 1.29 is 19.1 Å². The molecule has 2 aromatic heterocycles. The van der Waals surface area contributed by atoms with Gasteiger partial charge in [-0.05, 0) is 64.2 Å². The number of ether oxygens (including phenoxy) is 2. The average molecular weight is 541 g/mol. The maximum Gasteiger partial charge on any atom is 0.341 e. The molecule has 0 saturated carbocycles. The molecule has 196 valence electrons. The van der Waals surface area contributed by atoms with E-state index in [0.717, 1.165) is 41.0 Å². The molecular weight excluding hydrogens is 508 g/mol. The van der Waals surface area contributed by atoms with E-state index >= 15 is 0 Å². The number of fused-ring (bicyclic) bond motifs is 1. The van der Waals surface area contributed by atoms with Crippen molar-refractivity contribution in [1.82, 2.24) is 14.8 Å². The number of nitrogens with zero attached hydrogens (tertiary/aromatic N) is 3. The number of aromatic nitrogens is 3. The third-order valence-electron chi connectivity index (χ3n) is 6.04. The van der Waals surface area contributed by atoms with Crippen molar-refractivity contribution in [2.24, 2.45) is 0 Å². The van der Waals surface area contributed by atoms with E-state index in [-0.39, 0.29) is 23.7 Å². The number of carbonyl (C=O) groups is 2. The van der Waals surface area contributed by atoms with Crippen LogP contribution in [0.2, 0.25) is 0 Å². The summed E-state index contributed by atoms with van der Waals surface area (Å²) in [5.74, 6) is 0.969. The number of esters is 1. The number of thioether (sulfide) groups is 1. The maximum atomic E-state index is 12.9. The second-order valence-corrected chi connectivity index (χ2v) is 10.9. The van der Waals surface area contributed by atoms with Crippen LogP contribution >= 0.6 is 23.1 Å². The molecule has 2 heterocycles. The number of hydrogen-bond donors (Lipinski definition) is 1. The Morgan fingerprint density at radius 1 is 1.30 bits per heavy atom. The topological polar surface area (TPSA) is 95.3 Å². The number of nitrogens with one attached hydrogen (secondary N) is 1. The molecule has 10 heteroatoms. The van der Waals surface area contributed by atoms with Crippen molar-refractivity contribution in [2.75, 3.05) is 17.7 Å². The largest absolute Gasteiger partial charge is 0.482 e. The monoisotopic (exact) mass is 540 g/mol. The first-order valence-corrected chi connectivity index (χ1v) is 14.1. The number of thiophene rings is 1. The molecule has 0 bridgehead atoms. The Kier molecular flexibility index (Phi) is 8.71. The molecule has 1 aliphatic rings. The first-order chi connectivity index (χ1) is 17.8. The smallest absolute Gasteiger partial charge is 0.341 e. The van der Waals surface area contributed by atoms with E-state index in [4.69, 9.17) is 9.47 Å². The second-order valence-electron chi connectivity index (χ2n) is 8.89. The van der Waals surface area contributed by atoms with E-state index in [0.29, 0.717) is 34.7 Å². The summed E-state index contributed by atoms with van der Waals surface area (Å²) >= 11 is 2.75. The zero-order valence-corrected chi connectivity index (χ0v) is 23.3. The number of aryl methyl sites for hydroxylation is 3. The standard InChI is InChI=1S/C27H32N4O4S2/c1-6-13-31-24(18(5)35-20-12-11-16(3)14-17(20)4)29-30-27(31)36-15-22(32)28-25-23(26(33)34-7-2)19-9-8-10-21(19)37-25/h6,11-12,14,18H,1,7-10,13,15H2,2-5H3,(H,28,32). The van der Waals surface area contributed by atoms with Gasteiger partial charge in [0.1, 0.15) is 10.8 Å². The zero-order valence-electron chi connectivity index (χ0n) is 21.6. The molecular formula is C27H32N4O4S2. The minimum atomic E-state index is -0.377. The molecule has 0 saturated heterocycles. The maximum absolute atomic E-state index is 12.9. The van der Waals surface area contributed by atoms with E-state index in [1.807, 2.05) is 37.5 Å². The minimum absolute atomic E-state index is 0.117. The van der Waals surface area contributed by atoms with Gasteiger partial charge in [-0.25, -0.2) is 4.79 Å². The van der Waals surface area contributed by atoms with Crippen LogP contribution in [0.15, 0.2) is 36.0 Å². The van der Waals surface area contributed by atoms with Gasteiger partial charge in [0.05, 0.1) is 17.9 Å². The number of carbonyl (C=O) groups excluding carboxylic acids is 2.